The fraction of sp³-hybridized carbons (Fsp3) is 0.727. The second kappa shape index (κ2) is 17.7. The topological polar surface area (TPSA) is 300 Å². The molecule has 5 atom stereocenters. The van der Waals surface area contributed by atoms with Crippen LogP contribution < -0.4 is 44.6 Å². The van der Waals surface area contributed by atoms with Gasteiger partial charge >= 0.3 is 5.97 Å². The van der Waals surface area contributed by atoms with E-state index in [1.54, 1.807) is 0 Å². The molecular formula is C22H44N10O6. The first-order valence-electron chi connectivity index (χ1n) is 12.3. The first-order valence-corrected chi connectivity index (χ1v) is 12.3. The van der Waals surface area contributed by atoms with E-state index in [-0.39, 0.29) is 50.2 Å². The third-order valence-electron chi connectivity index (χ3n) is 5.27. The van der Waals surface area contributed by atoms with E-state index in [1.165, 1.54) is 6.92 Å². The van der Waals surface area contributed by atoms with Crippen LogP contribution in [0.5, 0.6) is 0 Å². The van der Waals surface area contributed by atoms with Crippen molar-refractivity contribution in [1.29, 1.82) is 0 Å². The lowest BCUT2D eigenvalue weighted by Crippen LogP contribution is -2.60. The normalized spacial score (nSPS) is 14.8. The molecule has 0 aromatic rings. The lowest BCUT2D eigenvalue weighted by molar-refractivity contribution is -0.142. The minimum absolute atomic E-state index is 0.0492. The number of hydrogen-bond acceptors (Lipinski definition) is 8. The summed E-state index contributed by atoms with van der Waals surface area (Å²) in [5.41, 5.74) is 26.9. The van der Waals surface area contributed by atoms with Gasteiger partial charge in [-0.25, -0.2) is 4.79 Å². The number of carbonyl (C=O) groups excluding carboxylic acids is 3. The molecule has 0 aromatic heterocycles. The highest BCUT2D eigenvalue weighted by molar-refractivity contribution is 5.94. The van der Waals surface area contributed by atoms with Crippen LogP contribution in [0.3, 0.4) is 0 Å². The number of aliphatic hydroxyl groups is 1. The second-order valence-electron chi connectivity index (χ2n) is 9.32. The maximum Gasteiger partial charge on any atom is 0.326 e. The van der Waals surface area contributed by atoms with Gasteiger partial charge in [0.25, 0.3) is 0 Å². The van der Waals surface area contributed by atoms with Crippen molar-refractivity contribution in [2.24, 2.45) is 44.6 Å². The highest BCUT2D eigenvalue weighted by atomic mass is 16.4. The average Bonchev–Trinajstić information content (AvgIpc) is 2.80. The summed E-state index contributed by atoms with van der Waals surface area (Å²) in [4.78, 5) is 57.6. The summed E-state index contributed by atoms with van der Waals surface area (Å²) in [6, 6.07) is -4.78. The summed E-state index contributed by atoms with van der Waals surface area (Å²) in [7, 11) is 0. The largest absolute Gasteiger partial charge is 0.480 e. The monoisotopic (exact) mass is 544 g/mol. The summed E-state index contributed by atoms with van der Waals surface area (Å²) in [6.07, 6.45) is -0.187. The van der Waals surface area contributed by atoms with Crippen LogP contribution in [0.25, 0.3) is 0 Å². The predicted octanol–water partition coefficient (Wildman–Crippen LogP) is -3.61. The Balaban J connectivity index is 5.32. The number of carbonyl (C=O) groups is 4. The molecule has 16 nitrogen and oxygen atoms in total. The maximum absolute atomic E-state index is 13.0. The molecule has 0 heterocycles. The number of aliphatic carboxylic acids is 1. The Hall–Kier alpha value is -3.66. The Morgan fingerprint density at radius 1 is 0.763 bits per heavy atom. The van der Waals surface area contributed by atoms with Gasteiger partial charge in [0.2, 0.25) is 17.7 Å². The average molecular weight is 545 g/mol. The number of guanidine groups is 2. The number of carboxylic acid groups (broad SMARTS) is 1. The molecule has 0 bridgehead atoms. The lowest BCUT2D eigenvalue weighted by atomic mass is 10.0. The molecular weight excluding hydrogens is 500 g/mol. The van der Waals surface area contributed by atoms with E-state index < -0.39 is 54.0 Å². The SMILES string of the molecule is CC(C)CC(NC(=O)C(NC(=O)C(N)CCCN=C(N)N)C(C)O)C(=O)NC(CCCN=C(N)N)C(=O)O. The van der Waals surface area contributed by atoms with E-state index >= 15 is 0 Å². The molecule has 0 aliphatic carbocycles. The van der Waals surface area contributed by atoms with Crippen molar-refractivity contribution in [3.05, 3.63) is 0 Å². The van der Waals surface area contributed by atoms with Crippen molar-refractivity contribution in [1.82, 2.24) is 16.0 Å². The van der Waals surface area contributed by atoms with Crippen LogP contribution in [-0.4, -0.2) is 89.2 Å². The minimum Gasteiger partial charge on any atom is -0.480 e. The fourth-order valence-electron chi connectivity index (χ4n) is 3.31. The Bertz CT molecular complexity index is 840. The van der Waals surface area contributed by atoms with Crippen molar-refractivity contribution in [3.63, 3.8) is 0 Å². The number of nitrogens with one attached hydrogen (secondary N) is 3. The number of aliphatic imine (C=N–C) groups is 2. The number of nitrogens with two attached hydrogens (primary N) is 5. The zero-order chi connectivity index (χ0) is 29.4. The number of hydrogen-bond donors (Lipinski definition) is 10. The Kier molecular flexibility index (Phi) is 16.0. The van der Waals surface area contributed by atoms with Gasteiger partial charge < -0.3 is 54.8 Å². The molecule has 218 valence electrons. The van der Waals surface area contributed by atoms with Crippen LogP contribution in [0.4, 0.5) is 0 Å². The van der Waals surface area contributed by atoms with Crippen LogP contribution >= 0.6 is 0 Å². The van der Waals surface area contributed by atoms with E-state index in [0.29, 0.717) is 12.8 Å². The molecule has 5 unspecified atom stereocenters. The zero-order valence-corrected chi connectivity index (χ0v) is 22.2. The van der Waals surface area contributed by atoms with Crippen LogP contribution in [0, 0.1) is 5.92 Å². The van der Waals surface area contributed by atoms with Crippen LogP contribution in [0.1, 0.15) is 52.9 Å². The molecule has 0 aliphatic rings. The molecule has 3 amide bonds. The van der Waals surface area contributed by atoms with E-state index in [2.05, 4.69) is 25.9 Å². The van der Waals surface area contributed by atoms with Gasteiger partial charge in [-0.15, -0.1) is 0 Å². The van der Waals surface area contributed by atoms with E-state index in [1.807, 2.05) is 13.8 Å². The van der Waals surface area contributed by atoms with Gasteiger partial charge in [-0.1, -0.05) is 13.8 Å². The van der Waals surface area contributed by atoms with Gasteiger partial charge in [-0.2, -0.15) is 0 Å². The maximum atomic E-state index is 13.0. The van der Waals surface area contributed by atoms with Gasteiger partial charge in [-0.3, -0.25) is 24.4 Å². The highest BCUT2D eigenvalue weighted by Crippen LogP contribution is 2.08. The first-order chi connectivity index (χ1) is 17.6. The van der Waals surface area contributed by atoms with Crippen molar-refractivity contribution < 1.29 is 29.4 Å². The molecule has 0 saturated carbocycles. The Morgan fingerprint density at radius 3 is 1.71 bits per heavy atom. The summed E-state index contributed by atoms with van der Waals surface area (Å²) in [5.74, 6) is -3.79. The zero-order valence-electron chi connectivity index (χ0n) is 22.2. The molecule has 0 spiro atoms. The molecule has 0 rings (SSSR count). The number of amides is 3. The predicted molar refractivity (Wildman–Crippen MR) is 142 cm³/mol. The molecule has 16 heteroatoms. The van der Waals surface area contributed by atoms with Crippen molar-refractivity contribution >= 4 is 35.6 Å². The molecule has 15 N–H and O–H groups in total. The van der Waals surface area contributed by atoms with E-state index in [4.69, 9.17) is 28.7 Å². The third kappa shape index (κ3) is 14.8. The van der Waals surface area contributed by atoms with E-state index in [0.717, 1.165) is 0 Å². The van der Waals surface area contributed by atoms with Crippen LogP contribution in [0.15, 0.2) is 9.98 Å². The standard InChI is InChI=1S/C22H44N10O6/c1-11(2)10-15(18(35)30-14(20(37)38)7-5-9-29-22(26)27)31-19(36)16(12(3)33)32-17(34)13(23)6-4-8-28-21(24)25/h11-16,33H,4-10,23H2,1-3H3,(H,30,35)(H,31,36)(H,32,34)(H,37,38)(H4,24,25,28)(H4,26,27,29). The molecule has 0 saturated heterocycles. The van der Waals surface area contributed by atoms with Crippen molar-refractivity contribution in [2.75, 3.05) is 13.1 Å². The van der Waals surface area contributed by atoms with Gasteiger partial charge in [0, 0.05) is 13.1 Å². The van der Waals surface area contributed by atoms with Crippen molar-refractivity contribution in [3.8, 4) is 0 Å². The fourth-order valence-corrected chi connectivity index (χ4v) is 3.31. The van der Waals surface area contributed by atoms with Gasteiger partial charge in [0.15, 0.2) is 11.9 Å². The van der Waals surface area contributed by atoms with Gasteiger partial charge in [-0.05, 0) is 44.9 Å². The Morgan fingerprint density at radius 2 is 1.26 bits per heavy atom. The molecule has 0 fully saturated rings. The summed E-state index contributed by atoms with van der Waals surface area (Å²) in [5, 5.41) is 26.9. The van der Waals surface area contributed by atoms with Crippen molar-refractivity contribution in [2.45, 2.75) is 83.1 Å². The number of carboxylic acids is 1. The molecule has 0 aliphatic heterocycles. The molecule has 0 aromatic carbocycles. The minimum atomic E-state index is -1.41. The summed E-state index contributed by atoms with van der Waals surface area (Å²) < 4.78 is 0. The summed E-state index contributed by atoms with van der Waals surface area (Å²) in [6.45, 7) is 5.36. The quantitative estimate of drug-likeness (QED) is 0.0456. The van der Waals surface area contributed by atoms with Crippen LogP contribution in [-0.2, 0) is 19.2 Å². The number of rotatable bonds is 18. The van der Waals surface area contributed by atoms with E-state index in [9.17, 15) is 29.4 Å². The summed E-state index contributed by atoms with van der Waals surface area (Å²) >= 11 is 0. The highest BCUT2D eigenvalue weighted by Gasteiger charge is 2.32. The smallest absolute Gasteiger partial charge is 0.326 e. The first kappa shape index (κ1) is 34.3. The number of nitrogens with zero attached hydrogens (tertiary/aromatic N) is 2. The number of aliphatic hydroxyl groups excluding tert-OH is 1. The third-order valence-corrected chi connectivity index (χ3v) is 5.27. The lowest BCUT2D eigenvalue weighted by Gasteiger charge is -2.27. The molecule has 0 radical (unpaired) electrons. The molecule has 38 heavy (non-hydrogen) atoms. The van der Waals surface area contributed by atoms with Crippen LogP contribution in [0.2, 0.25) is 0 Å². The van der Waals surface area contributed by atoms with Gasteiger partial charge in [0.05, 0.1) is 12.1 Å². The van der Waals surface area contributed by atoms with Gasteiger partial charge in [0.1, 0.15) is 18.1 Å². The second-order valence-corrected chi connectivity index (χ2v) is 9.32. The Labute approximate surface area is 222 Å².